The van der Waals surface area contributed by atoms with Crippen LogP contribution in [-0.2, 0) is 19.7 Å². The molecule has 126 valence electrons. The summed E-state index contributed by atoms with van der Waals surface area (Å²) in [7, 11) is -7.24. The second-order valence-corrected chi connectivity index (χ2v) is 8.91. The molecule has 2 aromatic rings. The Bertz CT molecular complexity index is 886. The first kappa shape index (κ1) is 18.2. The Morgan fingerprint density at radius 2 is 0.917 bits per heavy atom. The maximum atomic E-state index is 12.3. The Balaban J connectivity index is 2.37. The minimum Gasteiger partial charge on any atom is -0.219 e. The van der Waals surface area contributed by atoms with E-state index in [1.54, 1.807) is 50.2 Å². The van der Waals surface area contributed by atoms with Crippen LogP contribution in [0.2, 0.25) is 0 Å². The van der Waals surface area contributed by atoms with Gasteiger partial charge < -0.3 is 0 Å². The fourth-order valence-corrected chi connectivity index (χ4v) is 4.66. The van der Waals surface area contributed by atoms with E-state index in [1.165, 1.54) is 24.3 Å². The Hall–Kier alpha value is -2.18. The van der Waals surface area contributed by atoms with Crippen LogP contribution in [0.5, 0.6) is 0 Å². The average molecular weight is 362 g/mol. The van der Waals surface area contributed by atoms with Crippen LogP contribution in [0.15, 0.2) is 92.4 Å². The molecule has 0 N–H and O–H groups in total. The summed E-state index contributed by atoms with van der Waals surface area (Å²) >= 11 is 0. The van der Waals surface area contributed by atoms with E-state index < -0.39 is 19.7 Å². The molecule has 0 saturated heterocycles. The van der Waals surface area contributed by atoms with Gasteiger partial charge in [-0.25, -0.2) is 16.8 Å². The molecule has 6 heteroatoms. The Morgan fingerprint density at radius 3 is 1.21 bits per heavy atom. The van der Waals surface area contributed by atoms with Crippen molar-refractivity contribution in [1.82, 2.24) is 0 Å². The zero-order valence-electron chi connectivity index (χ0n) is 13.4. The number of hydrogen-bond acceptors (Lipinski definition) is 4. The van der Waals surface area contributed by atoms with Gasteiger partial charge in [-0.05, 0) is 49.3 Å². The maximum absolute atomic E-state index is 12.3. The number of allylic oxidation sites excluding steroid dienone is 2. The van der Waals surface area contributed by atoms with Gasteiger partial charge in [-0.3, -0.25) is 0 Å². The normalized spacial score (nSPS) is 13.8. The van der Waals surface area contributed by atoms with E-state index in [1.807, 2.05) is 0 Å². The van der Waals surface area contributed by atoms with Crippen molar-refractivity contribution in [2.75, 3.05) is 0 Å². The van der Waals surface area contributed by atoms with Crippen molar-refractivity contribution in [3.8, 4) is 0 Å². The minimum atomic E-state index is -3.62. The van der Waals surface area contributed by atoms with Crippen molar-refractivity contribution >= 4 is 19.7 Å². The van der Waals surface area contributed by atoms with Gasteiger partial charge in [0.25, 0.3) is 0 Å². The molecular weight excluding hydrogens is 344 g/mol. The van der Waals surface area contributed by atoms with Crippen molar-refractivity contribution < 1.29 is 16.8 Å². The number of sulfone groups is 2. The summed E-state index contributed by atoms with van der Waals surface area (Å²) in [5.41, 5.74) is 0.747. The first-order chi connectivity index (χ1) is 11.2. The van der Waals surface area contributed by atoms with Crippen molar-refractivity contribution in [2.24, 2.45) is 0 Å². The molecule has 4 nitrogen and oxygen atoms in total. The molecule has 0 bridgehead atoms. The molecule has 24 heavy (non-hydrogen) atoms. The molecule has 0 aromatic heterocycles. The number of hydrogen-bond donors (Lipinski definition) is 0. The van der Waals surface area contributed by atoms with Crippen molar-refractivity contribution in [1.29, 1.82) is 0 Å². The monoisotopic (exact) mass is 362 g/mol. The first-order valence-corrected chi connectivity index (χ1v) is 10.3. The van der Waals surface area contributed by atoms with Gasteiger partial charge in [0.15, 0.2) is 19.7 Å². The lowest BCUT2D eigenvalue weighted by molar-refractivity contribution is 0.602. The van der Waals surface area contributed by atoms with Gasteiger partial charge in [-0.2, -0.15) is 0 Å². The predicted molar refractivity (Wildman–Crippen MR) is 94.8 cm³/mol. The predicted octanol–water partition coefficient (Wildman–Crippen LogP) is 3.74. The molecule has 0 aliphatic heterocycles. The molecule has 2 rings (SSSR count). The summed E-state index contributed by atoms with van der Waals surface area (Å²) < 4.78 is 49.3. The lowest BCUT2D eigenvalue weighted by Gasteiger charge is -2.05. The lowest BCUT2D eigenvalue weighted by Crippen LogP contribution is -2.00. The molecule has 0 fully saturated rings. The van der Waals surface area contributed by atoms with Crippen LogP contribution in [0.3, 0.4) is 0 Å². The standard InChI is InChI=1S/C18H18O4S2/c1-15(13-23(19,20)17-9-5-3-6-10-17)16(2)14-24(21,22)18-11-7-4-8-12-18/h3-14H,1-2H3/b15-13+,16-14+. The lowest BCUT2D eigenvalue weighted by atomic mass is 10.2. The molecule has 0 saturated carbocycles. The van der Waals surface area contributed by atoms with Crippen LogP contribution in [0.4, 0.5) is 0 Å². The molecule has 0 atom stereocenters. The SMILES string of the molecule is CC(=C\S(=O)(=O)c1ccccc1)/C(C)=C/S(=O)(=O)c1ccccc1. The summed E-state index contributed by atoms with van der Waals surface area (Å²) in [5, 5.41) is 2.18. The average Bonchev–Trinajstić information content (AvgIpc) is 2.55. The highest BCUT2D eigenvalue weighted by molar-refractivity contribution is 7.94. The molecule has 0 amide bonds. The number of benzene rings is 2. The van der Waals surface area contributed by atoms with Crippen LogP contribution < -0.4 is 0 Å². The van der Waals surface area contributed by atoms with Crippen LogP contribution in [0.25, 0.3) is 0 Å². The van der Waals surface area contributed by atoms with Gasteiger partial charge in [-0.15, -0.1) is 0 Å². The summed E-state index contributed by atoms with van der Waals surface area (Å²) in [6.45, 7) is 3.15. The molecule has 0 radical (unpaired) electrons. The quantitative estimate of drug-likeness (QED) is 0.760. The summed E-state index contributed by atoms with van der Waals surface area (Å²) in [5.74, 6) is 0. The molecule has 2 aromatic carbocycles. The van der Waals surface area contributed by atoms with E-state index in [-0.39, 0.29) is 9.79 Å². The highest BCUT2D eigenvalue weighted by Crippen LogP contribution is 2.20. The van der Waals surface area contributed by atoms with E-state index in [4.69, 9.17) is 0 Å². The van der Waals surface area contributed by atoms with E-state index in [0.29, 0.717) is 11.1 Å². The van der Waals surface area contributed by atoms with Crippen LogP contribution in [-0.4, -0.2) is 16.8 Å². The van der Waals surface area contributed by atoms with Crippen LogP contribution >= 0.6 is 0 Å². The zero-order valence-corrected chi connectivity index (χ0v) is 15.0. The minimum absolute atomic E-state index is 0.170. The third-order valence-electron chi connectivity index (χ3n) is 3.43. The van der Waals surface area contributed by atoms with Crippen molar-refractivity contribution in [3.05, 3.63) is 82.6 Å². The van der Waals surface area contributed by atoms with Gasteiger partial charge in [0.2, 0.25) is 0 Å². The molecule has 0 heterocycles. The molecule has 0 unspecified atom stereocenters. The van der Waals surface area contributed by atoms with Gasteiger partial charge in [0.05, 0.1) is 9.79 Å². The van der Waals surface area contributed by atoms with E-state index in [0.717, 1.165) is 10.8 Å². The summed E-state index contributed by atoms with van der Waals surface area (Å²) in [6, 6.07) is 16.0. The fraction of sp³-hybridized carbons (Fsp3) is 0.111. The third kappa shape index (κ3) is 4.43. The maximum Gasteiger partial charge on any atom is 0.200 e. The van der Waals surface area contributed by atoms with E-state index in [2.05, 4.69) is 0 Å². The topological polar surface area (TPSA) is 68.3 Å². The highest BCUT2D eigenvalue weighted by Gasteiger charge is 2.14. The summed E-state index contributed by atoms with van der Waals surface area (Å²) in [4.78, 5) is 0.339. The van der Waals surface area contributed by atoms with Crippen LogP contribution in [0, 0.1) is 0 Å². The van der Waals surface area contributed by atoms with Crippen molar-refractivity contribution in [2.45, 2.75) is 23.6 Å². The van der Waals surface area contributed by atoms with Gasteiger partial charge in [-0.1, -0.05) is 36.4 Å². The van der Waals surface area contributed by atoms with Crippen LogP contribution in [0.1, 0.15) is 13.8 Å². The second-order valence-electron chi connectivity index (χ2n) is 5.32. The van der Waals surface area contributed by atoms with Gasteiger partial charge >= 0.3 is 0 Å². The summed E-state index contributed by atoms with van der Waals surface area (Å²) in [6.07, 6.45) is 0. The first-order valence-electron chi connectivity index (χ1n) is 7.20. The third-order valence-corrected chi connectivity index (χ3v) is 6.62. The Kier molecular flexibility index (Phi) is 5.41. The zero-order chi connectivity index (χ0) is 17.8. The number of rotatable bonds is 5. The largest absolute Gasteiger partial charge is 0.219 e. The fourth-order valence-electron chi connectivity index (χ4n) is 2.01. The van der Waals surface area contributed by atoms with E-state index in [9.17, 15) is 16.8 Å². The second kappa shape index (κ2) is 7.15. The van der Waals surface area contributed by atoms with Gasteiger partial charge in [0.1, 0.15) is 0 Å². The smallest absolute Gasteiger partial charge is 0.200 e. The van der Waals surface area contributed by atoms with Gasteiger partial charge in [0, 0.05) is 10.8 Å². The molecule has 0 aliphatic carbocycles. The molecular formula is C18H18O4S2. The Morgan fingerprint density at radius 1 is 0.625 bits per heavy atom. The molecule has 0 spiro atoms. The van der Waals surface area contributed by atoms with Crippen molar-refractivity contribution in [3.63, 3.8) is 0 Å². The van der Waals surface area contributed by atoms with E-state index >= 15 is 0 Å². The molecule has 0 aliphatic rings. The highest BCUT2D eigenvalue weighted by atomic mass is 32.2. The Labute approximate surface area is 143 Å².